The van der Waals surface area contributed by atoms with Gasteiger partial charge in [-0.3, -0.25) is 4.79 Å². The molecule has 0 aliphatic carbocycles. The zero-order valence-corrected chi connectivity index (χ0v) is 17.9. The molecule has 3 aromatic carbocycles. The summed E-state index contributed by atoms with van der Waals surface area (Å²) in [5.41, 5.74) is 2.98. The summed E-state index contributed by atoms with van der Waals surface area (Å²) in [4.78, 5) is 18.0. The topological polar surface area (TPSA) is 43.6 Å². The van der Waals surface area contributed by atoms with E-state index >= 15 is 0 Å². The molecule has 1 heterocycles. The van der Waals surface area contributed by atoms with Crippen LogP contribution in [0.25, 0.3) is 21.0 Å². The van der Waals surface area contributed by atoms with E-state index in [1.165, 1.54) is 11.3 Å². The predicted octanol–water partition coefficient (Wildman–Crippen LogP) is 5.13. The van der Waals surface area contributed by atoms with Gasteiger partial charge in [0, 0.05) is 18.7 Å². The molecule has 4 nitrogen and oxygen atoms in total. The van der Waals surface area contributed by atoms with Gasteiger partial charge in [0.15, 0.2) is 4.80 Å². The molecule has 1 amide bonds. The smallest absolute Gasteiger partial charge is 0.252 e. The number of hydrogen-bond acceptors (Lipinski definition) is 3. The molecule has 6 heteroatoms. The maximum absolute atomic E-state index is 12.8. The number of hydrogen-bond donors (Lipinski definition) is 0. The first kappa shape index (κ1) is 19.8. The number of amides is 1. The number of fused-ring (bicyclic) bond motifs is 2. The van der Waals surface area contributed by atoms with Crippen LogP contribution in [-0.4, -0.2) is 24.2 Å². The number of halogens is 1. The monoisotopic (exact) mass is 424 g/mol. The van der Waals surface area contributed by atoms with E-state index in [0.717, 1.165) is 32.1 Å². The van der Waals surface area contributed by atoms with Crippen molar-refractivity contribution < 1.29 is 9.53 Å². The van der Waals surface area contributed by atoms with Crippen molar-refractivity contribution in [3.63, 3.8) is 0 Å². The van der Waals surface area contributed by atoms with Crippen LogP contribution in [0.2, 0.25) is 5.02 Å². The molecule has 0 saturated heterocycles. The summed E-state index contributed by atoms with van der Waals surface area (Å²) in [5, 5.41) is 2.92. The van der Waals surface area contributed by atoms with Crippen molar-refractivity contribution in [3.05, 3.63) is 75.5 Å². The van der Waals surface area contributed by atoms with Gasteiger partial charge < -0.3 is 9.30 Å². The van der Waals surface area contributed by atoms with Crippen LogP contribution in [0.4, 0.5) is 0 Å². The minimum Gasteiger partial charge on any atom is -0.383 e. The van der Waals surface area contributed by atoms with Crippen molar-refractivity contribution in [1.29, 1.82) is 0 Å². The lowest BCUT2D eigenvalue weighted by Gasteiger charge is -2.08. The molecule has 0 unspecified atom stereocenters. The Bertz CT molecular complexity index is 1270. The Morgan fingerprint density at radius 2 is 1.93 bits per heavy atom. The Labute approximate surface area is 178 Å². The lowest BCUT2D eigenvalue weighted by atomic mass is 10.0. The fraction of sp³-hybridized carbons (Fsp3) is 0.217. The number of benzene rings is 3. The quantitative estimate of drug-likeness (QED) is 0.445. The van der Waals surface area contributed by atoms with Crippen LogP contribution in [0.3, 0.4) is 0 Å². The van der Waals surface area contributed by atoms with Crippen molar-refractivity contribution in [1.82, 2.24) is 4.57 Å². The summed E-state index contributed by atoms with van der Waals surface area (Å²) in [6.45, 7) is 3.13. The third kappa shape index (κ3) is 3.99. The number of aromatic nitrogens is 1. The van der Waals surface area contributed by atoms with Crippen LogP contribution in [0.1, 0.15) is 11.1 Å². The molecule has 4 rings (SSSR count). The normalized spacial score (nSPS) is 12.2. The highest BCUT2D eigenvalue weighted by Gasteiger charge is 2.13. The molecular weight excluding hydrogens is 404 g/mol. The third-order valence-corrected chi connectivity index (χ3v) is 6.44. The van der Waals surface area contributed by atoms with Gasteiger partial charge in [-0.2, -0.15) is 4.99 Å². The Kier molecular flexibility index (Phi) is 5.81. The first-order chi connectivity index (χ1) is 14.1. The minimum atomic E-state index is -0.164. The number of rotatable bonds is 5. The number of carbonyl (C=O) groups excluding carboxylic acids is 1. The van der Waals surface area contributed by atoms with E-state index in [9.17, 15) is 4.79 Å². The summed E-state index contributed by atoms with van der Waals surface area (Å²) in [5.74, 6) is -0.164. The second kappa shape index (κ2) is 8.49. The van der Waals surface area contributed by atoms with E-state index in [1.54, 1.807) is 7.11 Å². The van der Waals surface area contributed by atoms with Crippen LogP contribution in [-0.2, 0) is 22.5 Å². The summed E-state index contributed by atoms with van der Waals surface area (Å²) in [6.07, 6.45) is 0.264. The first-order valence-corrected chi connectivity index (χ1v) is 10.6. The van der Waals surface area contributed by atoms with Crippen molar-refractivity contribution in [3.8, 4) is 0 Å². The zero-order chi connectivity index (χ0) is 20.4. The van der Waals surface area contributed by atoms with E-state index in [4.69, 9.17) is 16.3 Å². The van der Waals surface area contributed by atoms with Crippen molar-refractivity contribution in [2.45, 2.75) is 19.9 Å². The lowest BCUT2D eigenvalue weighted by molar-refractivity contribution is -0.117. The fourth-order valence-electron chi connectivity index (χ4n) is 3.55. The molecule has 0 fully saturated rings. The molecule has 0 saturated carbocycles. The largest absolute Gasteiger partial charge is 0.383 e. The lowest BCUT2D eigenvalue weighted by Crippen LogP contribution is -2.20. The van der Waals surface area contributed by atoms with Gasteiger partial charge in [0.1, 0.15) is 0 Å². The van der Waals surface area contributed by atoms with Gasteiger partial charge in [0.05, 0.1) is 23.2 Å². The highest BCUT2D eigenvalue weighted by Crippen LogP contribution is 2.27. The van der Waals surface area contributed by atoms with Crippen LogP contribution in [0, 0.1) is 6.92 Å². The summed E-state index contributed by atoms with van der Waals surface area (Å²) < 4.78 is 8.35. The molecule has 0 aliphatic heterocycles. The van der Waals surface area contributed by atoms with Gasteiger partial charge in [-0.25, -0.2) is 0 Å². The molecule has 1 aromatic heterocycles. The number of carbonyl (C=O) groups is 1. The Balaban J connectivity index is 1.77. The fourth-order valence-corrected chi connectivity index (χ4v) is 4.83. The van der Waals surface area contributed by atoms with Crippen molar-refractivity contribution in [2.24, 2.45) is 4.99 Å². The summed E-state index contributed by atoms with van der Waals surface area (Å²) in [7, 11) is 1.66. The SMILES string of the molecule is COCCn1c(=NC(=O)Cc2cccc3ccccc23)sc2ccc(Cl)c(C)c21. The van der Waals surface area contributed by atoms with E-state index < -0.39 is 0 Å². The number of thiazole rings is 1. The number of ether oxygens (including phenoxy) is 1. The minimum absolute atomic E-state index is 0.164. The van der Waals surface area contributed by atoms with Gasteiger partial charge in [0.2, 0.25) is 0 Å². The molecule has 0 N–H and O–H groups in total. The summed E-state index contributed by atoms with van der Waals surface area (Å²) in [6, 6.07) is 18.0. The zero-order valence-electron chi connectivity index (χ0n) is 16.3. The number of nitrogens with zero attached hydrogens (tertiary/aromatic N) is 2. The molecule has 29 heavy (non-hydrogen) atoms. The second-order valence-corrected chi connectivity index (χ2v) is 8.29. The van der Waals surface area contributed by atoms with Crippen LogP contribution >= 0.6 is 22.9 Å². The van der Waals surface area contributed by atoms with E-state index in [1.807, 2.05) is 54.0 Å². The summed E-state index contributed by atoms with van der Waals surface area (Å²) >= 11 is 7.83. The highest BCUT2D eigenvalue weighted by atomic mass is 35.5. The van der Waals surface area contributed by atoms with Crippen LogP contribution in [0.5, 0.6) is 0 Å². The second-order valence-electron chi connectivity index (χ2n) is 6.87. The Morgan fingerprint density at radius 3 is 2.76 bits per heavy atom. The maximum atomic E-state index is 12.8. The van der Waals surface area contributed by atoms with Gasteiger partial charge in [0.25, 0.3) is 5.91 Å². The highest BCUT2D eigenvalue weighted by molar-refractivity contribution is 7.16. The molecule has 0 radical (unpaired) electrons. The van der Waals surface area contributed by atoms with Gasteiger partial charge in [-0.1, -0.05) is 65.4 Å². The van der Waals surface area contributed by atoms with Crippen LogP contribution in [0.15, 0.2) is 59.6 Å². The molecule has 148 valence electrons. The van der Waals surface area contributed by atoms with Gasteiger partial charge in [-0.15, -0.1) is 0 Å². The molecule has 0 bridgehead atoms. The molecular formula is C23H21ClN2O2S. The third-order valence-electron chi connectivity index (χ3n) is 4.99. The van der Waals surface area contributed by atoms with Crippen molar-refractivity contribution in [2.75, 3.05) is 13.7 Å². The Morgan fingerprint density at radius 1 is 1.14 bits per heavy atom. The molecule has 0 atom stereocenters. The van der Waals surface area contributed by atoms with Gasteiger partial charge >= 0.3 is 0 Å². The number of methoxy groups -OCH3 is 1. The first-order valence-electron chi connectivity index (χ1n) is 9.40. The molecule has 0 spiro atoms. The average Bonchev–Trinajstić information content (AvgIpc) is 3.07. The molecule has 4 aromatic rings. The van der Waals surface area contributed by atoms with E-state index in [-0.39, 0.29) is 12.3 Å². The molecule has 0 aliphatic rings. The van der Waals surface area contributed by atoms with Crippen LogP contribution < -0.4 is 4.80 Å². The van der Waals surface area contributed by atoms with E-state index in [0.29, 0.717) is 23.0 Å². The standard InChI is InChI=1S/C23H21ClN2O2S/c1-15-19(24)10-11-20-22(15)26(12-13-28-2)23(29-20)25-21(27)14-17-8-5-7-16-6-3-4-9-18(16)17/h3-11H,12-14H2,1-2H3. The van der Waals surface area contributed by atoms with E-state index in [2.05, 4.69) is 17.1 Å². The average molecular weight is 425 g/mol. The maximum Gasteiger partial charge on any atom is 0.252 e. The van der Waals surface area contributed by atoms with Crippen molar-refractivity contribution >= 4 is 49.8 Å². The number of aryl methyl sites for hydroxylation is 1. The Hall–Kier alpha value is -2.47. The predicted molar refractivity (Wildman–Crippen MR) is 120 cm³/mol. The van der Waals surface area contributed by atoms with Gasteiger partial charge in [-0.05, 0) is 41.0 Å².